The lowest BCUT2D eigenvalue weighted by molar-refractivity contribution is 0.0440. The van der Waals surface area contributed by atoms with Crippen LogP contribution in [0.1, 0.15) is 43.6 Å². The maximum Gasteiger partial charge on any atom is 0.129 e. The zero-order valence-electron chi connectivity index (χ0n) is 16.8. The fourth-order valence-electron chi connectivity index (χ4n) is 3.17. The molecule has 0 saturated heterocycles. The molecule has 0 spiro atoms. The summed E-state index contributed by atoms with van der Waals surface area (Å²) in [7, 11) is 0. The number of nitrogens with two attached hydrogens (primary N) is 1. The Kier molecular flexibility index (Phi) is 6.28. The van der Waals surface area contributed by atoms with Crippen molar-refractivity contribution >= 4 is 0 Å². The van der Waals surface area contributed by atoms with E-state index in [0.29, 0.717) is 12.1 Å². The molecule has 0 radical (unpaired) electrons. The number of halogens is 1. The van der Waals surface area contributed by atoms with Gasteiger partial charge in [-0.1, -0.05) is 87.5 Å². The van der Waals surface area contributed by atoms with Gasteiger partial charge in [0.2, 0.25) is 0 Å². The largest absolute Gasteiger partial charge is 0.367 e. The minimum Gasteiger partial charge on any atom is -0.367 e. The summed E-state index contributed by atoms with van der Waals surface area (Å²) in [5, 5.41) is 0. The van der Waals surface area contributed by atoms with Crippen molar-refractivity contribution in [2.45, 2.75) is 38.9 Å². The van der Waals surface area contributed by atoms with E-state index in [1.165, 1.54) is 5.56 Å². The highest BCUT2D eigenvalue weighted by atomic mass is 19.1. The van der Waals surface area contributed by atoms with Crippen molar-refractivity contribution in [2.24, 2.45) is 5.73 Å². The van der Waals surface area contributed by atoms with Crippen molar-refractivity contribution in [1.82, 2.24) is 0 Å². The Morgan fingerprint density at radius 3 is 2.11 bits per heavy atom. The van der Waals surface area contributed by atoms with Crippen molar-refractivity contribution in [1.29, 1.82) is 0 Å². The maximum atomic E-state index is 14.6. The Bertz CT molecular complexity index is 898. The summed E-state index contributed by atoms with van der Waals surface area (Å²) >= 11 is 0. The Morgan fingerprint density at radius 2 is 1.54 bits per heavy atom. The van der Waals surface area contributed by atoms with E-state index in [2.05, 4.69) is 32.9 Å². The second-order valence-corrected chi connectivity index (χ2v) is 8.08. The zero-order valence-corrected chi connectivity index (χ0v) is 16.8. The van der Waals surface area contributed by atoms with Gasteiger partial charge in [0.15, 0.2) is 0 Å². The zero-order chi connectivity index (χ0) is 20.1. The van der Waals surface area contributed by atoms with Crippen LogP contribution in [0, 0.1) is 5.82 Å². The highest BCUT2D eigenvalue weighted by molar-refractivity contribution is 5.64. The van der Waals surface area contributed by atoms with Gasteiger partial charge in [0.05, 0.1) is 12.7 Å². The molecule has 28 heavy (non-hydrogen) atoms. The molecule has 2 nitrogen and oxygen atoms in total. The van der Waals surface area contributed by atoms with Gasteiger partial charge in [0.25, 0.3) is 0 Å². The fourth-order valence-corrected chi connectivity index (χ4v) is 3.17. The Labute approximate surface area is 167 Å². The van der Waals surface area contributed by atoms with E-state index < -0.39 is 0 Å². The quantitative estimate of drug-likeness (QED) is 0.571. The molecule has 146 valence electrons. The highest BCUT2D eigenvalue weighted by Crippen LogP contribution is 2.28. The summed E-state index contributed by atoms with van der Waals surface area (Å²) in [6, 6.07) is 23.4. The third-order valence-corrected chi connectivity index (χ3v) is 4.96. The number of benzene rings is 3. The third kappa shape index (κ3) is 4.86. The third-order valence-electron chi connectivity index (χ3n) is 4.96. The highest BCUT2D eigenvalue weighted by Gasteiger charge is 2.14. The molecular formula is C25H28FNO. The van der Waals surface area contributed by atoms with Gasteiger partial charge in [-0.25, -0.2) is 4.39 Å². The van der Waals surface area contributed by atoms with E-state index in [-0.39, 0.29) is 23.9 Å². The van der Waals surface area contributed by atoms with Crippen LogP contribution in [-0.4, -0.2) is 6.54 Å². The predicted octanol–water partition coefficient (Wildman–Crippen LogP) is 6.01. The van der Waals surface area contributed by atoms with Gasteiger partial charge in [-0.3, -0.25) is 0 Å². The SMILES string of the molecule is CC(C)(C)c1ccc(-c2ccc(CO[C@@H](CN)c3ccccc3)c(F)c2)cc1. The second-order valence-electron chi connectivity index (χ2n) is 8.08. The van der Waals surface area contributed by atoms with Crippen LogP contribution in [0.25, 0.3) is 11.1 Å². The Morgan fingerprint density at radius 1 is 0.893 bits per heavy atom. The lowest BCUT2D eigenvalue weighted by Gasteiger charge is -2.19. The first-order chi connectivity index (χ1) is 13.4. The van der Waals surface area contributed by atoms with Crippen LogP contribution in [0.5, 0.6) is 0 Å². The molecule has 2 N–H and O–H groups in total. The molecule has 3 rings (SSSR count). The summed E-state index contributed by atoms with van der Waals surface area (Å²) in [6.45, 7) is 7.08. The maximum absolute atomic E-state index is 14.6. The lowest BCUT2D eigenvalue weighted by Crippen LogP contribution is -2.16. The first-order valence-corrected chi connectivity index (χ1v) is 9.64. The van der Waals surface area contributed by atoms with E-state index in [9.17, 15) is 4.39 Å². The van der Waals surface area contributed by atoms with Gasteiger partial charge in [-0.2, -0.15) is 0 Å². The van der Waals surface area contributed by atoms with Crippen LogP contribution < -0.4 is 5.73 Å². The van der Waals surface area contributed by atoms with Crippen molar-refractivity contribution in [3.05, 3.63) is 95.3 Å². The summed E-state index contributed by atoms with van der Waals surface area (Å²) < 4.78 is 20.5. The van der Waals surface area contributed by atoms with Gasteiger partial charge in [-0.15, -0.1) is 0 Å². The smallest absolute Gasteiger partial charge is 0.129 e. The molecule has 3 aromatic carbocycles. The molecule has 0 amide bonds. The molecule has 0 saturated carbocycles. The Hall–Kier alpha value is -2.49. The molecule has 1 atom stereocenters. The molecule has 0 bridgehead atoms. The van der Waals surface area contributed by atoms with E-state index in [4.69, 9.17) is 10.5 Å². The molecule has 3 heteroatoms. The minimum atomic E-state index is -0.263. The summed E-state index contributed by atoms with van der Waals surface area (Å²) in [5.74, 6) is -0.263. The van der Waals surface area contributed by atoms with Crippen molar-refractivity contribution in [3.63, 3.8) is 0 Å². The van der Waals surface area contributed by atoms with Crippen molar-refractivity contribution in [3.8, 4) is 11.1 Å². The first kappa shape index (κ1) is 20.2. The molecule has 3 aromatic rings. The molecule has 0 aromatic heterocycles. The predicted molar refractivity (Wildman–Crippen MR) is 114 cm³/mol. The molecule has 0 aliphatic rings. The standard InChI is InChI=1S/C25H28FNO/c1-25(2,3)22-13-11-18(12-14-22)20-9-10-21(23(26)15-20)17-28-24(16-27)19-7-5-4-6-8-19/h4-15,24H,16-17,27H2,1-3H3/t24-/m0/s1. The molecular weight excluding hydrogens is 349 g/mol. The minimum absolute atomic E-state index is 0.100. The average Bonchev–Trinajstić information content (AvgIpc) is 2.70. The van der Waals surface area contributed by atoms with Crippen LogP contribution in [0.3, 0.4) is 0 Å². The normalized spacial score (nSPS) is 12.8. The topological polar surface area (TPSA) is 35.2 Å². The number of rotatable bonds is 6. The molecule has 0 unspecified atom stereocenters. The van der Waals surface area contributed by atoms with Crippen LogP contribution in [-0.2, 0) is 16.8 Å². The molecule has 0 fully saturated rings. The lowest BCUT2D eigenvalue weighted by atomic mass is 9.86. The van der Waals surface area contributed by atoms with Crippen molar-refractivity contribution in [2.75, 3.05) is 6.54 Å². The second kappa shape index (κ2) is 8.68. The fraction of sp³-hybridized carbons (Fsp3) is 0.280. The summed E-state index contributed by atoms with van der Waals surface area (Å²) in [6.07, 6.45) is -0.245. The molecule has 0 heterocycles. The number of hydrogen-bond donors (Lipinski definition) is 1. The average molecular weight is 378 g/mol. The van der Waals surface area contributed by atoms with Gasteiger partial charge < -0.3 is 10.5 Å². The van der Waals surface area contributed by atoms with Gasteiger partial charge in [0, 0.05) is 12.1 Å². The van der Waals surface area contributed by atoms with Crippen LogP contribution in [0.2, 0.25) is 0 Å². The molecule has 0 aliphatic carbocycles. The summed E-state index contributed by atoms with van der Waals surface area (Å²) in [5.41, 5.74) is 10.6. The van der Waals surface area contributed by atoms with Crippen LogP contribution >= 0.6 is 0 Å². The van der Waals surface area contributed by atoms with Gasteiger partial charge in [0.1, 0.15) is 5.82 Å². The van der Waals surface area contributed by atoms with Crippen LogP contribution in [0.4, 0.5) is 4.39 Å². The van der Waals surface area contributed by atoms with Crippen LogP contribution in [0.15, 0.2) is 72.8 Å². The van der Waals surface area contributed by atoms with E-state index in [1.807, 2.05) is 48.5 Å². The number of hydrogen-bond acceptors (Lipinski definition) is 2. The first-order valence-electron chi connectivity index (χ1n) is 9.64. The van der Waals surface area contributed by atoms with Crippen molar-refractivity contribution < 1.29 is 9.13 Å². The van der Waals surface area contributed by atoms with E-state index in [1.54, 1.807) is 12.1 Å². The van der Waals surface area contributed by atoms with Gasteiger partial charge >= 0.3 is 0 Å². The van der Waals surface area contributed by atoms with Gasteiger partial charge in [-0.05, 0) is 33.7 Å². The monoisotopic (exact) mass is 377 g/mol. The number of ether oxygens (including phenoxy) is 1. The summed E-state index contributed by atoms with van der Waals surface area (Å²) in [4.78, 5) is 0. The molecule has 0 aliphatic heterocycles. The Balaban J connectivity index is 1.72. The van der Waals surface area contributed by atoms with E-state index in [0.717, 1.165) is 16.7 Å². The van der Waals surface area contributed by atoms with E-state index >= 15 is 0 Å².